The average molecular weight is 403 g/mol. The Balaban J connectivity index is 1.57. The van der Waals surface area contributed by atoms with Gasteiger partial charge in [-0.25, -0.2) is 0 Å². The molecule has 3 nitrogen and oxygen atoms in total. The molecule has 0 aliphatic carbocycles. The Morgan fingerprint density at radius 3 is 2.56 bits per heavy atom. The van der Waals surface area contributed by atoms with Crippen molar-refractivity contribution < 1.29 is 4.79 Å². The lowest BCUT2D eigenvalue weighted by Gasteiger charge is -2.39. The first-order valence-corrected chi connectivity index (χ1v) is 10.4. The average Bonchev–Trinajstić information content (AvgIpc) is 3.18. The molecule has 0 aromatic heterocycles. The normalized spacial score (nSPS) is 19.9. The molecule has 2 aromatic rings. The molecule has 1 fully saturated rings. The van der Waals surface area contributed by atoms with E-state index in [2.05, 4.69) is 34.1 Å². The molecule has 142 valence electrons. The number of hydrogen-bond donors (Lipinski definition) is 0. The predicted molar refractivity (Wildman–Crippen MR) is 110 cm³/mol. The largest absolute Gasteiger partial charge is 0.334 e. The number of amides is 1. The van der Waals surface area contributed by atoms with Crippen molar-refractivity contribution in [2.75, 3.05) is 26.2 Å². The van der Waals surface area contributed by atoms with Gasteiger partial charge in [-0.3, -0.25) is 4.79 Å². The van der Waals surface area contributed by atoms with Gasteiger partial charge in [0.2, 0.25) is 5.91 Å². The van der Waals surface area contributed by atoms with E-state index in [9.17, 15) is 4.79 Å². The van der Waals surface area contributed by atoms with Gasteiger partial charge in [-0.1, -0.05) is 53.5 Å². The minimum atomic E-state index is 0.128. The van der Waals surface area contributed by atoms with Gasteiger partial charge in [0.05, 0.1) is 22.5 Å². The molecule has 1 amide bonds. The van der Waals surface area contributed by atoms with Gasteiger partial charge < -0.3 is 9.80 Å². The maximum absolute atomic E-state index is 13.2. The molecule has 0 radical (unpaired) electrons. The van der Waals surface area contributed by atoms with Gasteiger partial charge in [0.1, 0.15) is 0 Å². The second-order valence-corrected chi connectivity index (χ2v) is 8.30. The van der Waals surface area contributed by atoms with Crippen LogP contribution in [0, 0.1) is 0 Å². The number of rotatable bonds is 4. The molecule has 1 atom stereocenters. The summed E-state index contributed by atoms with van der Waals surface area (Å²) in [4.78, 5) is 17.8. The summed E-state index contributed by atoms with van der Waals surface area (Å²) in [6, 6.07) is 14.2. The van der Waals surface area contributed by atoms with Crippen LogP contribution in [0.3, 0.4) is 0 Å². The quantitative estimate of drug-likeness (QED) is 0.735. The van der Waals surface area contributed by atoms with E-state index < -0.39 is 0 Å². The van der Waals surface area contributed by atoms with Gasteiger partial charge in [0, 0.05) is 13.1 Å². The van der Waals surface area contributed by atoms with E-state index in [1.54, 1.807) is 12.1 Å². The van der Waals surface area contributed by atoms with Crippen molar-refractivity contribution in [3.63, 3.8) is 0 Å². The zero-order valence-electron chi connectivity index (χ0n) is 15.3. The minimum absolute atomic E-state index is 0.128. The fraction of sp³-hybridized carbons (Fsp3) is 0.409. The van der Waals surface area contributed by atoms with Crippen molar-refractivity contribution in [3.05, 3.63) is 69.2 Å². The molecule has 0 spiro atoms. The first kappa shape index (κ1) is 18.8. The third kappa shape index (κ3) is 4.16. The third-order valence-corrected chi connectivity index (χ3v) is 6.44. The fourth-order valence-corrected chi connectivity index (χ4v) is 4.60. The summed E-state index contributed by atoms with van der Waals surface area (Å²) in [7, 11) is 0. The lowest BCUT2D eigenvalue weighted by atomic mass is 9.91. The summed E-state index contributed by atoms with van der Waals surface area (Å²) < 4.78 is 0. The molecule has 0 unspecified atom stereocenters. The minimum Gasteiger partial charge on any atom is -0.334 e. The number of carbonyl (C=O) groups excluding carboxylic acids is 1. The van der Waals surface area contributed by atoms with Crippen molar-refractivity contribution in [2.24, 2.45) is 0 Å². The van der Waals surface area contributed by atoms with Gasteiger partial charge in [0.15, 0.2) is 0 Å². The van der Waals surface area contributed by atoms with E-state index in [0.29, 0.717) is 16.5 Å². The number of carbonyl (C=O) groups is 1. The van der Waals surface area contributed by atoms with E-state index in [-0.39, 0.29) is 11.9 Å². The van der Waals surface area contributed by atoms with E-state index in [1.807, 2.05) is 6.07 Å². The fourth-order valence-electron chi connectivity index (χ4n) is 4.28. The molecule has 4 rings (SSSR count). The number of fused-ring (bicyclic) bond motifs is 1. The van der Waals surface area contributed by atoms with Crippen LogP contribution in [-0.2, 0) is 17.6 Å². The van der Waals surface area contributed by atoms with Gasteiger partial charge >= 0.3 is 0 Å². The highest BCUT2D eigenvalue weighted by molar-refractivity contribution is 6.42. The van der Waals surface area contributed by atoms with Crippen molar-refractivity contribution in [1.29, 1.82) is 0 Å². The highest BCUT2D eigenvalue weighted by Gasteiger charge is 2.32. The van der Waals surface area contributed by atoms with Gasteiger partial charge in [-0.2, -0.15) is 0 Å². The van der Waals surface area contributed by atoms with Crippen molar-refractivity contribution >= 4 is 29.1 Å². The topological polar surface area (TPSA) is 23.6 Å². The molecule has 1 saturated heterocycles. The summed E-state index contributed by atoms with van der Waals surface area (Å²) in [5.74, 6) is 0.159. The zero-order valence-corrected chi connectivity index (χ0v) is 16.8. The number of hydrogen-bond acceptors (Lipinski definition) is 2. The summed E-state index contributed by atoms with van der Waals surface area (Å²) >= 11 is 12.1. The Hall–Kier alpha value is -1.55. The van der Waals surface area contributed by atoms with Crippen molar-refractivity contribution in [1.82, 2.24) is 9.80 Å². The molecule has 2 aliphatic heterocycles. The zero-order chi connectivity index (χ0) is 18.8. The molecular weight excluding hydrogens is 379 g/mol. The van der Waals surface area contributed by atoms with Gasteiger partial charge in [-0.15, -0.1) is 0 Å². The molecule has 27 heavy (non-hydrogen) atoms. The number of likely N-dealkylation sites (tertiary alicyclic amines) is 1. The summed E-state index contributed by atoms with van der Waals surface area (Å²) in [6.07, 6.45) is 3.78. The standard InChI is InChI=1S/C22H24Cl2N2O/c23-19-8-7-16(13-20(19)24)14-22(27)26-12-9-17-5-1-2-6-18(17)21(26)15-25-10-3-4-11-25/h1-2,5-8,13,21H,3-4,9-12,14-15H2/t21-/m0/s1. The molecular formula is C22H24Cl2N2O. The van der Waals surface area contributed by atoms with Crippen molar-refractivity contribution in [3.8, 4) is 0 Å². The number of benzene rings is 2. The van der Waals surface area contributed by atoms with E-state index in [4.69, 9.17) is 23.2 Å². The molecule has 2 aliphatic rings. The van der Waals surface area contributed by atoms with Gasteiger partial charge in [-0.05, 0) is 61.2 Å². The van der Waals surface area contributed by atoms with Crippen LogP contribution in [0.1, 0.15) is 35.6 Å². The second-order valence-electron chi connectivity index (χ2n) is 7.48. The van der Waals surface area contributed by atoms with E-state index in [1.165, 1.54) is 24.0 Å². The monoisotopic (exact) mass is 402 g/mol. The lowest BCUT2D eigenvalue weighted by Crippen LogP contribution is -2.45. The second kappa shape index (κ2) is 8.22. The van der Waals surface area contributed by atoms with Crippen LogP contribution in [0.2, 0.25) is 10.0 Å². The Labute approximate surface area is 170 Å². The number of nitrogens with zero attached hydrogens (tertiary/aromatic N) is 2. The molecule has 0 N–H and O–H groups in total. The van der Waals surface area contributed by atoms with Crippen LogP contribution in [0.25, 0.3) is 0 Å². The first-order valence-electron chi connectivity index (χ1n) is 9.65. The van der Waals surface area contributed by atoms with Crippen LogP contribution in [0.4, 0.5) is 0 Å². The Kier molecular flexibility index (Phi) is 5.72. The smallest absolute Gasteiger partial charge is 0.227 e. The Morgan fingerprint density at radius 1 is 1.00 bits per heavy atom. The predicted octanol–water partition coefficient (Wildman–Crippen LogP) is 4.76. The Morgan fingerprint density at radius 2 is 1.78 bits per heavy atom. The number of halogens is 2. The summed E-state index contributed by atoms with van der Waals surface area (Å²) in [6.45, 7) is 3.96. The third-order valence-electron chi connectivity index (χ3n) is 5.70. The van der Waals surface area contributed by atoms with Crippen molar-refractivity contribution in [2.45, 2.75) is 31.7 Å². The molecule has 5 heteroatoms. The van der Waals surface area contributed by atoms with E-state index in [0.717, 1.165) is 38.2 Å². The molecule has 0 bridgehead atoms. The Bertz CT molecular complexity index is 833. The van der Waals surface area contributed by atoms with Crippen LogP contribution < -0.4 is 0 Å². The lowest BCUT2D eigenvalue weighted by molar-refractivity contribution is -0.133. The SMILES string of the molecule is O=C(Cc1ccc(Cl)c(Cl)c1)N1CCc2ccccc2[C@@H]1CN1CCCC1. The molecule has 2 aromatic carbocycles. The summed E-state index contributed by atoms with van der Waals surface area (Å²) in [5.41, 5.74) is 3.59. The first-order chi connectivity index (χ1) is 13.1. The van der Waals surface area contributed by atoms with Crippen LogP contribution in [0.5, 0.6) is 0 Å². The maximum Gasteiger partial charge on any atom is 0.227 e. The molecule has 0 saturated carbocycles. The highest BCUT2D eigenvalue weighted by Crippen LogP contribution is 2.32. The highest BCUT2D eigenvalue weighted by atomic mass is 35.5. The van der Waals surface area contributed by atoms with Crippen LogP contribution in [-0.4, -0.2) is 41.9 Å². The molecule has 2 heterocycles. The van der Waals surface area contributed by atoms with Crippen LogP contribution in [0.15, 0.2) is 42.5 Å². The maximum atomic E-state index is 13.2. The van der Waals surface area contributed by atoms with Gasteiger partial charge in [0.25, 0.3) is 0 Å². The summed E-state index contributed by atoms with van der Waals surface area (Å²) in [5, 5.41) is 1.02. The van der Waals surface area contributed by atoms with Crippen LogP contribution >= 0.6 is 23.2 Å². The van der Waals surface area contributed by atoms with E-state index >= 15 is 0 Å².